The van der Waals surface area contributed by atoms with E-state index >= 15 is 0 Å². The highest BCUT2D eigenvalue weighted by atomic mass is 35.5. The summed E-state index contributed by atoms with van der Waals surface area (Å²) in [6, 6.07) is 0. The maximum absolute atomic E-state index is 9.99. The second kappa shape index (κ2) is 2.33. The van der Waals surface area contributed by atoms with Crippen LogP contribution in [0.4, 0.5) is 0 Å². The van der Waals surface area contributed by atoms with Gasteiger partial charge in [0.05, 0.1) is 0 Å². The predicted octanol–water partition coefficient (Wildman–Crippen LogP) is 0.454. The number of hydrogen-bond donors (Lipinski definition) is 1. The van der Waals surface area contributed by atoms with Crippen LogP contribution in [-0.4, -0.2) is 16.3 Å². The lowest BCUT2D eigenvalue weighted by Crippen LogP contribution is -2.22. The summed E-state index contributed by atoms with van der Waals surface area (Å²) < 4.78 is 4.12. The van der Waals surface area contributed by atoms with E-state index in [0.717, 1.165) is 13.8 Å². The second-order valence-electron chi connectivity index (χ2n) is 1.46. The number of ether oxygens (including phenoxy) is 1. The van der Waals surface area contributed by atoms with Gasteiger partial charge in [0.1, 0.15) is 0 Å². The summed E-state index contributed by atoms with van der Waals surface area (Å²) in [7, 11) is 0. The molecule has 4 heteroatoms. The van der Waals surface area contributed by atoms with Crippen LogP contribution in [0.25, 0.3) is 0 Å². The van der Waals surface area contributed by atoms with Gasteiger partial charge in [0.15, 0.2) is 0 Å². The van der Waals surface area contributed by atoms with Crippen molar-refractivity contribution in [2.75, 3.05) is 0 Å². The van der Waals surface area contributed by atoms with Gasteiger partial charge in [-0.05, 0) is 11.6 Å². The van der Waals surface area contributed by atoms with Crippen molar-refractivity contribution in [2.24, 2.45) is 0 Å². The number of hydrogen-bond acceptors (Lipinski definition) is 3. The van der Waals surface area contributed by atoms with Crippen LogP contribution in [0.3, 0.4) is 0 Å². The van der Waals surface area contributed by atoms with Gasteiger partial charge >= 0.3 is 5.97 Å². The monoisotopic (exact) mass is 138 g/mol. The molecule has 3 nitrogen and oxygen atoms in total. The molecule has 0 amide bonds. The van der Waals surface area contributed by atoms with Gasteiger partial charge in [-0.25, -0.2) is 0 Å². The first-order valence-corrected chi connectivity index (χ1v) is 2.40. The molecule has 0 aliphatic rings. The fourth-order valence-electron chi connectivity index (χ4n) is 0.262. The lowest BCUT2D eigenvalue weighted by Gasteiger charge is -2.12. The van der Waals surface area contributed by atoms with Crippen molar-refractivity contribution in [3.8, 4) is 0 Å². The summed E-state index contributed by atoms with van der Waals surface area (Å²) in [5.74, 6) is -0.606. The van der Waals surface area contributed by atoms with Crippen LogP contribution in [0.1, 0.15) is 13.8 Å². The van der Waals surface area contributed by atoms with E-state index in [4.69, 9.17) is 16.7 Å². The Balaban J connectivity index is 3.55. The molecule has 8 heavy (non-hydrogen) atoms. The minimum absolute atomic E-state index is 0.606. The molecule has 0 radical (unpaired) electrons. The van der Waals surface area contributed by atoms with Crippen molar-refractivity contribution in [3.63, 3.8) is 0 Å². The van der Waals surface area contributed by atoms with E-state index in [9.17, 15) is 4.79 Å². The van der Waals surface area contributed by atoms with E-state index < -0.39 is 11.2 Å². The normalized spacial score (nSPS) is 17.0. The SMILES string of the molecule is CC(=O)OC(C)(O)Cl. The number of aliphatic hydroxyl groups is 1. The van der Waals surface area contributed by atoms with E-state index in [2.05, 4.69) is 4.74 Å². The number of esters is 1. The lowest BCUT2D eigenvalue weighted by atomic mass is 10.7. The zero-order chi connectivity index (χ0) is 6.78. The molecule has 1 atom stereocenters. The molecule has 0 rings (SSSR count). The highest BCUT2D eigenvalue weighted by Crippen LogP contribution is 2.09. The molecule has 0 fully saturated rings. The Bertz CT molecular complexity index is 93.9. The van der Waals surface area contributed by atoms with E-state index in [-0.39, 0.29) is 0 Å². The van der Waals surface area contributed by atoms with Crippen LogP contribution in [-0.2, 0) is 9.53 Å². The van der Waals surface area contributed by atoms with Gasteiger partial charge in [0.25, 0.3) is 5.25 Å². The van der Waals surface area contributed by atoms with Gasteiger partial charge in [-0.1, -0.05) is 0 Å². The molecule has 0 aromatic carbocycles. The van der Waals surface area contributed by atoms with Crippen LogP contribution >= 0.6 is 11.6 Å². The Morgan fingerprint density at radius 1 is 1.88 bits per heavy atom. The summed E-state index contributed by atoms with van der Waals surface area (Å²) in [4.78, 5) is 9.99. The van der Waals surface area contributed by atoms with Gasteiger partial charge in [-0.2, -0.15) is 0 Å². The Kier molecular flexibility index (Phi) is 2.25. The molecule has 0 aromatic heterocycles. The molecule has 0 saturated heterocycles. The Hall–Kier alpha value is -0.280. The number of halogens is 1. The number of carbonyl (C=O) groups is 1. The number of rotatable bonds is 1. The van der Waals surface area contributed by atoms with Crippen molar-refractivity contribution in [1.82, 2.24) is 0 Å². The fraction of sp³-hybridized carbons (Fsp3) is 0.750. The summed E-state index contributed by atoms with van der Waals surface area (Å²) in [6.45, 7) is 2.33. The molecule has 1 N–H and O–H groups in total. The molecule has 0 aromatic rings. The topological polar surface area (TPSA) is 46.5 Å². The zero-order valence-corrected chi connectivity index (χ0v) is 5.40. The quantitative estimate of drug-likeness (QED) is 0.325. The first kappa shape index (κ1) is 7.72. The molecular weight excluding hydrogens is 131 g/mol. The third-order valence-corrected chi connectivity index (χ3v) is 0.407. The molecule has 0 aliphatic carbocycles. The predicted molar refractivity (Wildman–Crippen MR) is 28.2 cm³/mol. The number of carbonyl (C=O) groups excluding carboxylic acids is 1. The van der Waals surface area contributed by atoms with Crippen molar-refractivity contribution < 1.29 is 14.6 Å². The highest BCUT2D eigenvalue weighted by molar-refractivity contribution is 6.21. The smallest absolute Gasteiger partial charge is 0.306 e. The molecule has 0 aliphatic heterocycles. The molecule has 0 heterocycles. The van der Waals surface area contributed by atoms with E-state index in [0.29, 0.717) is 0 Å². The molecule has 0 spiro atoms. The zero-order valence-electron chi connectivity index (χ0n) is 4.64. The van der Waals surface area contributed by atoms with Gasteiger partial charge < -0.3 is 9.84 Å². The third-order valence-electron chi connectivity index (χ3n) is 0.330. The van der Waals surface area contributed by atoms with E-state index in [1.54, 1.807) is 0 Å². The van der Waals surface area contributed by atoms with Crippen LogP contribution in [0.2, 0.25) is 0 Å². The second-order valence-corrected chi connectivity index (χ2v) is 2.16. The van der Waals surface area contributed by atoms with Gasteiger partial charge in [0.2, 0.25) is 0 Å². The van der Waals surface area contributed by atoms with Crippen LogP contribution in [0.15, 0.2) is 0 Å². The van der Waals surface area contributed by atoms with Crippen molar-refractivity contribution in [2.45, 2.75) is 19.1 Å². The Morgan fingerprint density at radius 3 is 2.25 bits per heavy atom. The largest absolute Gasteiger partial charge is 0.419 e. The van der Waals surface area contributed by atoms with Gasteiger partial charge in [-0.15, -0.1) is 0 Å². The fourth-order valence-corrected chi connectivity index (χ4v) is 0.371. The first-order valence-electron chi connectivity index (χ1n) is 2.02. The average Bonchev–Trinajstić information content (AvgIpc) is 1.21. The van der Waals surface area contributed by atoms with E-state index in [1.807, 2.05) is 0 Å². The maximum Gasteiger partial charge on any atom is 0.306 e. The summed E-state index contributed by atoms with van der Waals surface area (Å²) in [5, 5.41) is 6.66. The van der Waals surface area contributed by atoms with Crippen LogP contribution in [0, 0.1) is 0 Å². The highest BCUT2D eigenvalue weighted by Gasteiger charge is 2.17. The standard InChI is InChI=1S/C4H7ClO3/c1-3(6)8-4(2,5)7/h7H,1-2H3. The minimum Gasteiger partial charge on any atom is -0.419 e. The maximum atomic E-state index is 9.99. The van der Waals surface area contributed by atoms with Crippen molar-refractivity contribution >= 4 is 17.6 Å². The third kappa shape index (κ3) is 5.72. The molecule has 48 valence electrons. The van der Waals surface area contributed by atoms with Gasteiger partial charge in [-0.3, -0.25) is 4.79 Å². The molecule has 0 saturated carbocycles. The molecule has 0 bridgehead atoms. The summed E-state index contributed by atoms with van der Waals surface area (Å²) in [6.07, 6.45) is 0. The average molecular weight is 139 g/mol. The molecular formula is C4H7ClO3. The Morgan fingerprint density at radius 2 is 2.25 bits per heavy atom. The Labute approximate surface area is 52.2 Å². The van der Waals surface area contributed by atoms with Crippen LogP contribution in [0.5, 0.6) is 0 Å². The van der Waals surface area contributed by atoms with Crippen molar-refractivity contribution in [1.29, 1.82) is 0 Å². The minimum atomic E-state index is -1.86. The van der Waals surface area contributed by atoms with Gasteiger partial charge in [0, 0.05) is 13.8 Å². The van der Waals surface area contributed by atoms with Crippen LogP contribution < -0.4 is 0 Å². The summed E-state index contributed by atoms with van der Waals surface area (Å²) >= 11 is 5.04. The summed E-state index contributed by atoms with van der Waals surface area (Å²) in [5.41, 5.74) is 0. The lowest BCUT2D eigenvalue weighted by molar-refractivity contribution is -0.171. The molecule has 1 unspecified atom stereocenters. The van der Waals surface area contributed by atoms with E-state index in [1.165, 1.54) is 0 Å². The van der Waals surface area contributed by atoms with Crippen molar-refractivity contribution in [3.05, 3.63) is 0 Å². The first-order chi connectivity index (χ1) is 3.42. The number of alkyl halides is 1.